The molecular weight excluding hydrogens is 240 g/mol. The van der Waals surface area contributed by atoms with Crippen molar-refractivity contribution < 1.29 is 9.90 Å². The van der Waals surface area contributed by atoms with Gasteiger partial charge < -0.3 is 15.3 Å². The standard InChI is InChI=1S/C15H30N2O2/c1-12(18)7-10-17(4)14(19)16-11-13-5-8-15(2,3)9-6-13/h12-13,18H,5-11H2,1-4H3,(H,16,19). The molecule has 0 heterocycles. The van der Waals surface area contributed by atoms with Gasteiger partial charge in [0.2, 0.25) is 0 Å². The highest BCUT2D eigenvalue weighted by Gasteiger charge is 2.26. The van der Waals surface area contributed by atoms with Crippen LogP contribution in [0.5, 0.6) is 0 Å². The topological polar surface area (TPSA) is 52.6 Å². The van der Waals surface area contributed by atoms with Crippen LogP contribution in [0.2, 0.25) is 0 Å². The van der Waals surface area contributed by atoms with Crippen LogP contribution in [-0.4, -0.2) is 42.3 Å². The smallest absolute Gasteiger partial charge is 0.317 e. The molecular formula is C15H30N2O2. The van der Waals surface area contributed by atoms with Gasteiger partial charge in [0.05, 0.1) is 6.10 Å². The van der Waals surface area contributed by atoms with E-state index in [0.29, 0.717) is 24.3 Å². The molecule has 0 aromatic carbocycles. The molecule has 2 amide bonds. The van der Waals surface area contributed by atoms with Crippen molar-refractivity contribution in [3.63, 3.8) is 0 Å². The van der Waals surface area contributed by atoms with Crippen LogP contribution in [0.25, 0.3) is 0 Å². The second-order valence-electron chi connectivity index (χ2n) is 6.85. The van der Waals surface area contributed by atoms with Gasteiger partial charge in [0.25, 0.3) is 0 Å². The van der Waals surface area contributed by atoms with Crippen LogP contribution in [0.1, 0.15) is 52.9 Å². The average Bonchev–Trinajstić information content (AvgIpc) is 2.34. The number of hydrogen-bond acceptors (Lipinski definition) is 2. The third-order valence-corrected chi connectivity index (χ3v) is 4.23. The Labute approximate surface area is 117 Å². The number of carbonyl (C=O) groups is 1. The molecule has 0 aromatic rings. The number of aliphatic hydroxyl groups is 1. The number of aliphatic hydroxyl groups excluding tert-OH is 1. The summed E-state index contributed by atoms with van der Waals surface area (Å²) in [4.78, 5) is 13.5. The first-order valence-electron chi connectivity index (χ1n) is 7.47. The van der Waals surface area contributed by atoms with Crippen LogP contribution in [-0.2, 0) is 0 Å². The van der Waals surface area contributed by atoms with Crippen molar-refractivity contribution in [2.75, 3.05) is 20.1 Å². The Hall–Kier alpha value is -0.770. The van der Waals surface area contributed by atoms with Gasteiger partial charge in [-0.05, 0) is 50.4 Å². The lowest BCUT2D eigenvalue weighted by Crippen LogP contribution is -2.41. The molecule has 1 atom stereocenters. The van der Waals surface area contributed by atoms with Crippen LogP contribution < -0.4 is 5.32 Å². The first-order chi connectivity index (χ1) is 8.80. The fraction of sp³-hybridized carbons (Fsp3) is 0.933. The van der Waals surface area contributed by atoms with Gasteiger partial charge >= 0.3 is 6.03 Å². The Morgan fingerprint density at radius 3 is 2.53 bits per heavy atom. The Morgan fingerprint density at radius 2 is 2.00 bits per heavy atom. The first kappa shape index (κ1) is 16.3. The van der Waals surface area contributed by atoms with Crippen molar-refractivity contribution in [1.82, 2.24) is 10.2 Å². The summed E-state index contributed by atoms with van der Waals surface area (Å²) in [5.74, 6) is 0.627. The van der Waals surface area contributed by atoms with E-state index in [2.05, 4.69) is 19.2 Å². The van der Waals surface area contributed by atoms with Gasteiger partial charge in [-0.25, -0.2) is 4.79 Å². The zero-order valence-corrected chi connectivity index (χ0v) is 12.9. The summed E-state index contributed by atoms with van der Waals surface area (Å²) in [6.45, 7) is 7.78. The van der Waals surface area contributed by atoms with Crippen molar-refractivity contribution in [2.45, 2.75) is 59.0 Å². The van der Waals surface area contributed by atoms with Crippen LogP contribution in [0.3, 0.4) is 0 Å². The van der Waals surface area contributed by atoms with Crippen molar-refractivity contribution in [3.8, 4) is 0 Å². The molecule has 2 N–H and O–H groups in total. The Bertz CT molecular complexity index is 280. The Kier molecular flexibility index (Phi) is 6.11. The van der Waals surface area contributed by atoms with Gasteiger partial charge in [0.15, 0.2) is 0 Å². The third kappa shape index (κ3) is 6.28. The Morgan fingerprint density at radius 1 is 1.42 bits per heavy atom. The SMILES string of the molecule is CC(O)CCN(C)C(=O)NCC1CCC(C)(C)CC1. The number of rotatable bonds is 5. The van der Waals surface area contributed by atoms with Gasteiger partial charge in [-0.3, -0.25) is 0 Å². The molecule has 0 bridgehead atoms. The number of amides is 2. The summed E-state index contributed by atoms with van der Waals surface area (Å²) in [5, 5.41) is 12.2. The quantitative estimate of drug-likeness (QED) is 0.807. The van der Waals surface area contributed by atoms with Gasteiger partial charge in [-0.1, -0.05) is 13.8 Å². The monoisotopic (exact) mass is 270 g/mol. The molecule has 1 unspecified atom stereocenters. The van der Waals surface area contributed by atoms with E-state index in [9.17, 15) is 9.90 Å². The summed E-state index contributed by atoms with van der Waals surface area (Å²) >= 11 is 0. The summed E-state index contributed by atoms with van der Waals surface area (Å²) in [6, 6.07) is -0.0227. The number of hydrogen-bond donors (Lipinski definition) is 2. The summed E-state index contributed by atoms with van der Waals surface area (Å²) in [5.41, 5.74) is 0.481. The third-order valence-electron chi connectivity index (χ3n) is 4.23. The van der Waals surface area contributed by atoms with E-state index in [-0.39, 0.29) is 12.1 Å². The molecule has 19 heavy (non-hydrogen) atoms. The highest BCUT2D eigenvalue weighted by atomic mass is 16.3. The van der Waals surface area contributed by atoms with Crippen LogP contribution >= 0.6 is 0 Å². The lowest BCUT2D eigenvalue weighted by atomic mass is 9.73. The van der Waals surface area contributed by atoms with Gasteiger partial charge in [-0.15, -0.1) is 0 Å². The number of carbonyl (C=O) groups excluding carboxylic acids is 1. The molecule has 1 rings (SSSR count). The van der Waals surface area contributed by atoms with E-state index < -0.39 is 0 Å². The van der Waals surface area contributed by atoms with Crippen molar-refractivity contribution in [1.29, 1.82) is 0 Å². The highest BCUT2D eigenvalue weighted by molar-refractivity contribution is 5.73. The average molecular weight is 270 g/mol. The largest absolute Gasteiger partial charge is 0.393 e. The van der Waals surface area contributed by atoms with Crippen molar-refractivity contribution in [3.05, 3.63) is 0 Å². The van der Waals surface area contributed by atoms with E-state index in [1.165, 1.54) is 25.7 Å². The van der Waals surface area contributed by atoms with E-state index in [1.807, 2.05) is 0 Å². The molecule has 0 saturated heterocycles. The lowest BCUT2D eigenvalue weighted by molar-refractivity contribution is 0.160. The maximum absolute atomic E-state index is 11.9. The van der Waals surface area contributed by atoms with E-state index >= 15 is 0 Å². The molecule has 4 nitrogen and oxygen atoms in total. The fourth-order valence-electron chi connectivity index (χ4n) is 2.51. The first-order valence-corrected chi connectivity index (χ1v) is 7.47. The van der Waals surface area contributed by atoms with Crippen LogP contribution in [0.4, 0.5) is 4.79 Å². The lowest BCUT2D eigenvalue weighted by Gasteiger charge is -2.34. The molecule has 112 valence electrons. The molecule has 1 fully saturated rings. The summed E-state index contributed by atoms with van der Waals surface area (Å²) in [6.07, 6.45) is 5.21. The molecule has 0 spiro atoms. The second-order valence-corrected chi connectivity index (χ2v) is 6.85. The highest BCUT2D eigenvalue weighted by Crippen LogP contribution is 2.37. The minimum Gasteiger partial charge on any atom is -0.393 e. The molecule has 0 aromatic heterocycles. The molecule has 1 saturated carbocycles. The van der Waals surface area contributed by atoms with Gasteiger partial charge in [0.1, 0.15) is 0 Å². The normalized spacial score (nSPS) is 20.9. The zero-order chi connectivity index (χ0) is 14.5. The van der Waals surface area contributed by atoms with Gasteiger partial charge in [0, 0.05) is 20.1 Å². The molecule has 1 aliphatic carbocycles. The molecule has 4 heteroatoms. The minimum atomic E-state index is -0.351. The summed E-state index contributed by atoms with van der Waals surface area (Å²) in [7, 11) is 1.78. The van der Waals surface area contributed by atoms with E-state index in [4.69, 9.17) is 0 Å². The Balaban J connectivity index is 2.20. The van der Waals surface area contributed by atoms with Crippen LogP contribution in [0, 0.1) is 11.3 Å². The maximum Gasteiger partial charge on any atom is 0.317 e. The fourth-order valence-corrected chi connectivity index (χ4v) is 2.51. The van der Waals surface area contributed by atoms with Crippen LogP contribution in [0.15, 0.2) is 0 Å². The number of nitrogens with zero attached hydrogens (tertiary/aromatic N) is 1. The molecule has 1 aliphatic rings. The number of nitrogens with one attached hydrogen (secondary N) is 1. The zero-order valence-electron chi connectivity index (χ0n) is 12.9. The minimum absolute atomic E-state index is 0.0227. The molecule has 0 aliphatic heterocycles. The maximum atomic E-state index is 11.9. The second kappa shape index (κ2) is 7.13. The number of urea groups is 1. The van der Waals surface area contributed by atoms with Gasteiger partial charge in [-0.2, -0.15) is 0 Å². The van der Waals surface area contributed by atoms with E-state index in [0.717, 1.165) is 6.54 Å². The van der Waals surface area contributed by atoms with E-state index in [1.54, 1.807) is 18.9 Å². The predicted octanol–water partition coefficient (Wildman–Crippen LogP) is 2.62. The molecule has 0 radical (unpaired) electrons. The predicted molar refractivity (Wildman–Crippen MR) is 78.1 cm³/mol. The summed E-state index contributed by atoms with van der Waals surface area (Å²) < 4.78 is 0. The van der Waals surface area contributed by atoms with Crippen molar-refractivity contribution in [2.24, 2.45) is 11.3 Å². The van der Waals surface area contributed by atoms with Crippen molar-refractivity contribution >= 4 is 6.03 Å².